The lowest BCUT2D eigenvalue weighted by molar-refractivity contribution is -0.120. The Bertz CT molecular complexity index is 468. The molecule has 4 heteroatoms. The van der Waals surface area contributed by atoms with Crippen LogP contribution in [0.4, 0.5) is 11.4 Å². The van der Waals surface area contributed by atoms with Gasteiger partial charge in [0, 0.05) is 10.5 Å². The Morgan fingerprint density at radius 1 is 1.35 bits per heavy atom. The van der Waals surface area contributed by atoms with E-state index in [1.54, 1.807) is 0 Å². The second-order valence-corrected chi connectivity index (χ2v) is 5.97. The van der Waals surface area contributed by atoms with Crippen LogP contribution >= 0.6 is 15.9 Å². The van der Waals surface area contributed by atoms with Gasteiger partial charge in [-0.05, 0) is 55.8 Å². The number of carbonyl (C=O) groups is 1. The van der Waals surface area contributed by atoms with Crippen LogP contribution < -0.4 is 10.2 Å². The summed E-state index contributed by atoms with van der Waals surface area (Å²) in [6.45, 7) is 8.10. The summed E-state index contributed by atoms with van der Waals surface area (Å²) < 4.78 is 1.01. The lowest BCUT2D eigenvalue weighted by Gasteiger charge is -2.46. The SMILES string of the molecule is CC(C)N1c2c(Br)cccc2NC(=O)C1(C)C. The molecule has 92 valence electrons. The quantitative estimate of drug-likeness (QED) is 0.861. The standard InChI is InChI=1S/C13H17BrN2O/c1-8(2)16-11-9(14)6-5-7-10(11)15-12(17)13(16,3)4/h5-8H,1-4H3,(H,15,17). The van der Waals surface area contributed by atoms with Gasteiger partial charge >= 0.3 is 0 Å². The Hall–Kier alpha value is -1.03. The second-order valence-electron chi connectivity index (χ2n) is 5.11. The molecule has 2 rings (SSSR count). The van der Waals surface area contributed by atoms with E-state index in [1.807, 2.05) is 32.0 Å². The van der Waals surface area contributed by atoms with E-state index >= 15 is 0 Å². The molecule has 1 N–H and O–H groups in total. The molecule has 1 amide bonds. The maximum atomic E-state index is 12.1. The van der Waals surface area contributed by atoms with Crippen molar-refractivity contribution in [3.05, 3.63) is 22.7 Å². The number of carbonyl (C=O) groups excluding carboxylic acids is 1. The Kier molecular flexibility index (Phi) is 2.94. The highest BCUT2D eigenvalue weighted by molar-refractivity contribution is 9.10. The zero-order chi connectivity index (χ0) is 12.8. The maximum absolute atomic E-state index is 12.1. The number of rotatable bonds is 1. The minimum atomic E-state index is -0.537. The van der Waals surface area contributed by atoms with E-state index in [1.165, 1.54) is 0 Å². The fourth-order valence-corrected chi connectivity index (χ4v) is 2.99. The van der Waals surface area contributed by atoms with Crippen molar-refractivity contribution in [2.75, 3.05) is 10.2 Å². The van der Waals surface area contributed by atoms with E-state index in [2.05, 4.69) is 40.0 Å². The van der Waals surface area contributed by atoms with Crippen LogP contribution in [0.5, 0.6) is 0 Å². The third-order valence-corrected chi connectivity index (χ3v) is 3.79. The largest absolute Gasteiger partial charge is 0.352 e. The molecule has 1 aliphatic rings. The van der Waals surface area contributed by atoms with Crippen molar-refractivity contribution in [2.24, 2.45) is 0 Å². The highest BCUT2D eigenvalue weighted by atomic mass is 79.9. The molecule has 0 bridgehead atoms. The minimum absolute atomic E-state index is 0.0387. The molecular formula is C13H17BrN2O. The van der Waals surface area contributed by atoms with Crippen LogP contribution in [0.1, 0.15) is 27.7 Å². The second kappa shape index (κ2) is 4.02. The van der Waals surface area contributed by atoms with Gasteiger partial charge in [0.15, 0.2) is 0 Å². The summed E-state index contributed by atoms with van der Waals surface area (Å²) in [4.78, 5) is 14.3. The molecule has 0 unspecified atom stereocenters. The molecule has 0 aromatic heterocycles. The monoisotopic (exact) mass is 296 g/mol. The van der Waals surface area contributed by atoms with Gasteiger partial charge in [-0.15, -0.1) is 0 Å². The molecule has 0 fully saturated rings. The first-order valence-electron chi connectivity index (χ1n) is 5.75. The summed E-state index contributed by atoms with van der Waals surface area (Å²) in [5.41, 5.74) is 1.40. The van der Waals surface area contributed by atoms with E-state index in [4.69, 9.17) is 0 Å². The van der Waals surface area contributed by atoms with Crippen LogP contribution in [0.3, 0.4) is 0 Å². The van der Waals surface area contributed by atoms with E-state index in [0.717, 1.165) is 15.8 Å². The van der Waals surface area contributed by atoms with Crippen LogP contribution in [0.15, 0.2) is 22.7 Å². The van der Waals surface area contributed by atoms with Crippen LogP contribution in [0.2, 0.25) is 0 Å². The van der Waals surface area contributed by atoms with Gasteiger partial charge in [-0.3, -0.25) is 4.79 Å². The Morgan fingerprint density at radius 3 is 2.59 bits per heavy atom. The number of hydrogen-bond donors (Lipinski definition) is 1. The van der Waals surface area contributed by atoms with Gasteiger partial charge in [-0.2, -0.15) is 0 Å². The number of halogens is 1. The summed E-state index contributed by atoms with van der Waals surface area (Å²) >= 11 is 3.57. The van der Waals surface area contributed by atoms with E-state index in [9.17, 15) is 4.79 Å². The predicted octanol–water partition coefficient (Wildman–Crippen LogP) is 3.39. The van der Waals surface area contributed by atoms with Crippen molar-refractivity contribution < 1.29 is 4.79 Å². The zero-order valence-electron chi connectivity index (χ0n) is 10.5. The average Bonchev–Trinajstić information content (AvgIpc) is 2.20. The smallest absolute Gasteiger partial charge is 0.249 e. The van der Waals surface area contributed by atoms with Crippen molar-refractivity contribution in [1.82, 2.24) is 0 Å². The maximum Gasteiger partial charge on any atom is 0.249 e. The number of benzene rings is 1. The molecule has 17 heavy (non-hydrogen) atoms. The van der Waals surface area contributed by atoms with Gasteiger partial charge < -0.3 is 10.2 Å². The molecule has 3 nitrogen and oxygen atoms in total. The van der Waals surface area contributed by atoms with E-state index in [-0.39, 0.29) is 11.9 Å². The summed E-state index contributed by atoms with van der Waals surface area (Å²) in [6, 6.07) is 6.12. The predicted molar refractivity (Wildman–Crippen MR) is 74.5 cm³/mol. The first kappa shape index (κ1) is 12.4. The molecule has 1 heterocycles. The first-order chi connectivity index (χ1) is 7.85. The van der Waals surface area contributed by atoms with Gasteiger partial charge in [-0.1, -0.05) is 6.07 Å². The number of amides is 1. The Balaban J connectivity index is 2.66. The van der Waals surface area contributed by atoms with Crippen molar-refractivity contribution in [1.29, 1.82) is 0 Å². The average molecular weight is 297 g/mol. The number of nitrogens with one attached hydrogen (secondary N) is 1. The number of para-hydroxylation sites is 1. The summed E-state index contributed by atoms with van der Waals surface area (Å²) in [5.74, 6) is 0.0387. The van der Waals surface area contributed by atoms with Crippen molar-refractivity contribution in [2.45, 2.75) is 39.3 Å². The van der Waals surface area contributed by atoms with Crippen LogP contribution in [-0.4, -0.2) is 17.5 Å². The molecular weight excluding hydrogens is 280 g/mol. The van der Waals surface area contributed by atoms with Crippen molar-refractivity contribution in [3.63, 3.8) is 0 Å². The molecule has 0 radical (unpaired) electrons. The number of hydrogen-bond acceptors (Lipinski definition) is 2. The first-order valence-corrected chi connectivity index (χ1v) is 6.54. The number of fused-ring (bicyclic) bond motifs is 1. The zero-order valence-corrected chi connectivity index (χ0v) is 12.1. The third-order valence-electron chi connectivity index (χ3n) is 3.15. The van der Waals surface area contributed by atoms with Crippen molar-refractivity contribution >= 4 is 33.2 Å². The van der Waals surface area contributed by atoms with Crippen LogP contribution in [0.25, 0.3) is 0 Å². The van der Waals surface area contributed by atoms with Gasteiger partial charge in [0.2, 0.25) is 5.91 Å². The lowest BCUT2D eigenvalue weighted by Crippen LogP contribution is -2.58. The van der Waals surface area contributed by atoms with Gasteiger partial charge in [0.1, 0.15) is 5.54 Å². The minimum Gasteiger partial charge on any atom is -0.352 e. The highest BCUT2D eigenvalue weighted by Crippen LogP contribution is 2.42. The summed E-state index contributed by atoms with van der Waals surface area (Å²) in [6.07, 6.45) is 0. The lowest BCUT2D eigenvalue weighted by atomic mass is 9.94. The van der Waals surface area contributed by atoms with Gasteiger partial charge in [0.25, 0.3) is 0 Å². The normalized spacial score (nSPS) is 18.0. The Labute approximate surface area is 110 Å². The van der Waals surface area contributed by atoms with E-state index < -0.39 is 5.54 Å². The molecule has 0 saturated carbocycles. The molecule has 1 aromatic carbocycles. The number of anilines is 2. The highest BCUT2D eigenvalue weighted by Gasteiger charge is 2.42. The fourth-order valence-electron chi connectivity index (χ4n) is 2.43. The Morgan fingerprint density at radius 2 is 2.00 bits per heavy atom. The fraction of sp³-hybridized carbons (Fsp3) is 0.462. The van der Waals surface area contributed by atoms with Gasteiger partial charge in [-0.25, -0.2) is 0 Å². The van der Waals surface area contributed by atoms with E-state index in [0.29, 0.717) is 0 Å². The molecule has 0 aliphatic carbocycles. The van der Waals surface area contributed by atoms with Crippen molar-refractivity contribution in [3.8, 4) is 0 Å². The summed E-state index contributed by atoms with van der Waals surface area (Å²) in [5, 5.41) is 2.97. The molecule has 0 atom stereocenters. The molecule has 0 spiro atoms. The third kappa shape index (κ3) is 1.84. The van der Waals surface area contributed by atoms with Crippen LogP contribution in [0, 0.1) is 0 Å². The molecule has 1 aliphatic heterocycles. The topological polar surface area (TPSA) is 32.3 Å². The number of nitrogens with zero attached hydrogens (tertiary/aromatic N) is 1. The summed E-state index contributed by atoms with van der Waals surface area (Å²) in [7, 11) is 0. The van der Waals surface area contributed by atoms with Gasteiger partial charge in [0.05, 0.1) is 11.4 Å². The molecule has 1 aromatic rings. The van der Waals surface area contributed by atoms with Crippen LogP contribution in [-0.2, 0) is 4.79 Å². The molecule has 0 saturated heterocycles.